The van der Waals surface area contributed by atoms with E-state index < -0.39 is 0 Å². The first-order valence-electron chi connectivity index (χ1n) is 9.06. The molecule has 0 saturated heterocycles. The number of anilines is 1. The van der Waals surface area contributed by atoms with Crippen LogP contribution in [0.1, 0.15) is 52.4 Å². The first-order chi connectivity index (χ1) is 12.0. The van der Waals surface area contributed by atoms with Crippen molar-refractivity contribution in [2.24, 2.45) is 10.7 Å². The number of carbonyl (C=O) groups excluding carboxylic acids is 1. The SMILES string of the molecule is CC(C)Oc1ccc(NC(N)=NCCCC(=O)OC2CCCC2)cc1. The number of nitrogens with zero attached hydrogens (tertiary/aromatic N) is 1. The van der Waals surface area contributed by atoms with E-state index in [4.69, 9.17) is 15.2 Å². The molecule has 1 aliphatic carbocycles. The van der Waals surface area contributed by atoms with Crippen molar-refractivity contribution < 1.29 is 14.3 Å². The summed E-state index contributed by atoms with van der Waals surface area (Å²) in [7, 11) is 0. The zero-order chi connectivity index (χ0) is 18.1. The van der Waals surface area contributed by atoms with Crippen LogP contribution < -0.4 is 15.8 Å². The van der Waals surface area contributed by atoms with Gasteiger partial charge in [0.25, 0.3) is 0 Å². The fourth-order valence-electron chi connectivity index (χ4n) is 2.75. The number of benzene rings is 1. The zero-order valence-electron chi connectivity index (χ0n) is 15.2. The molecule has 0 unspecified atom stereocenters. The Balaban J connectivity index is 1.66. The molecule has 0 heterocycles. The summed E-state index contributed by atoms with van der Waals surface area (Å²) in [5, 5.41) is 3.03. The van der Waals surface area contributed by atoms with Crippen LogP contribution in [0.5, 0.6) is 5.75 Å². The monoisotopic (exact) mass is 347 g/mol. The summed E-state index contributed by atoms with van der Waals surface area (Å²) in [4.78, 5) is 16.0. The van der Waals surface area contributed by atoms with E-state index in [9.17, 15) is 4.79 Å². The van der Waals surface area contributed by atoms with Gasteiger partial charge in [-0.15, -0.1) is 0 Å². The van der Waals surface area contributed by atoms with Gasteiger partial charge < -0.3 is 20.5 Å². The summed E-state index contributed by atoms with van der Waals surface area (Å²) in [6.45, 7) is 4.47. The molecule has 1 aromatic rings. The maximum atomic E-state index is 11.7. The highest BCUT2D eigenvalue weighted by molar-refractivity contribution is 5.92. The lowest BCUT2D eigenvalue weighted by Crippen LogP contribution is -2.23. The van der Waals surface area contributed by atoms with Gasteiger partial charge in [0.1, 0.15) is 11.9 Å². The summed E-state index contributed by atoms with van der Waals surface area (Å²) in [5.41, 5.74) is 6.71. The van der Waals surface area contributed by atoms with E-state index in [1.165, 1.54) is 0 Å². The Bertz CT molecular complexity index is 564. The molecule has 6 nitrogen and oxygen atoms in total. The van der Waals surface area contributed by atoms with Gasteiger partial charge in [0.15, 0.2) is 5.96 Å². The average Bonchev–Trinajstić information content (AvgIpc) is 3.06. The third-order valence-corrected chi connectivity index (χ3v) is 3.92. The van der Waals surface area contributed by atoms with Crippen LogP contribution in [0.25, 0.3) is 0 Å². The number of nitrogens with two attached hydrogens (primary N) is 1. The Morgan fingerprint density at radius 3 is 2.60 bits per heavy atom. The minimum absolute atomic E-state index is 0.130. The summed E-state index contributed by atoms with van der Waals surface area (Å²) in [6.07, 6.45) is 5.62. The summed E-state index contributed by atoms with van der Waals surface area (Å²) in [5.74, 6) is 1.02. The lowest BCUT2D eigenvalue weighted by atomic mass is 10.3. The van der Waals surface area contributed by atoms with Crippen molar-refractivity contribution in [1.82, 2.24) is 0 Å². The standard InChI is InChI=1S/C19H29N3O3/c1-14(2)24-17-11-9-15(10-12-17)22-19(20)21-13-5-8-18(23)25-16-6-3-4-7-16/h9-12,14,16H,3-8,13H2,1-2H3,(H3,20,21,22). The van der Waals surface area contributed by atoms with Crippen LogP contribution in [0.15, 0.2) is 29.3 Å². The molecule has 0 atom stereocenters. The fraction of sp³-hybridized carbons (Fsp3) is 0.579. The Morgan fingerprint density at radius 1 is 1.28 bits per heavy atom. The molecule has 6 heteroatoms. The highest BCUT2D eigenvalue weighted by Crippen LogP contribution is 2.21. The van der Waals surface area contributed by atoms with E-state index in [0.29, 0.717) is 25.3 Å². The Labute approximate surface area is 149 Å². The van der Waals surface area contributed by atoms with E-state index in [2.05, 4.69) is 10.3 Å². The first-order valence-corrected chi connectivity index (χ1v) is 9.06. The molecule has 1 aromatic carbocycles. The van der Waals surface area contributed by atoms with Gasteiger partial charge in [-0.1, -0.05) is 0 Å². The van der Waals surface area contributed by atoms with Crippen molar-refractivity contribution in [3.05, 3.63) is 24.3 Å². The second kappa shape index (κ2) is 9.91. The minimum Gasteiger partial charge on any atom is -0.491 e. The number of esters is 1. The molecule has 25 heavy (non-hydrogen) atoms. The van der Waals surface area contributed by atoms with Crippen molar-refractivity contribution in [2.75, 3.05) is 11.9 Å². The predicted molar refractivity (Wildman–Crippen MR) is 99.9 cm³/mol. The number of hydrogen-bond donors (Lipinski definition) is 2. The van der Waals surface area contributed by atoms with Gasteiger partial charge in [0, 0.05) is 18.7 Å². The lowest BCUT2D eigenvalue weighted by molar-refractivity contribution is -0.148. The van der Waals surface area contributed by atoms with Crippen LogP contribution in [0.2, 0.25) is 0 Å². The summed E-state index contributed by atoms with van der Waals surface area (Å²) in [6, 6.07) is 7.54. The highest BCUT2D eigenvalue weighted by atomic mass is 16.5. The van der Waals surface area contributed by atoms with Gasteiger partial charge in [-0.2, -0.15) is 0 Å². The molecule has 0 radical (unpaired) electrons. The van der Waals surface area contributed by atoms with Crippen molar-refractivity contribution >= 4 is 17.6 Å². The van der Waals surface area contributed by atoms with E-state index in [-0.39, 0.29) is 18.2 Å². The molecule has 1 saturated carbocycles. The normalized spacial score (nSPS) is 15.4. The largest absolute Gasteiger partial charge is 0.491 e. The molecule has 1 fully saturated rings. The van der Waals surface area contributed by atoms with Crippen LogP contribution in [0, 0.1) is 0 Å². The Morgan fingerprint density at radius 2 is 1.96 bits per heavy atom. The van der Waals surface area contributed by atoms with Crippen molar-refractivity contribution in [2.45, 2.75) is 64.6 Å². The third-order valence-electron chi connectivity index (χ3n) is 3.92. The number of ether oxygens (including phenoxy) is 2. The van der Waals surface area contributed by atoms with Gasteiger partial charge >= 0.3 is 5.97 Å². The number of nitrogens with one attached hydrogen (secondary N) is 1. The summed E-state index contributed by atoms with van der Waals surface area (Å²) < 4.78 is 11.0. The average molecular weight is 347 g/mol. The number of hydrogen-bond acceptors (Lipinski definition) is 4. The molecule has 1 aliphatic rings. The topological polar surface area (TPSA) is 85.9 Å². The number of aliphatic imine (C=N–C) groups is 1. The van der Waals surface area contributed by atoms with Crippen LogP contribution >= 0.6 is 0 Å². The zero-order valence-corrected chi connectivity index (χ0v) is 15.2. The second-order valence-electron chi connectivity index (χ2n) is 6.58. The molecule has 0 aromatic heterocycles. The van der Waals surface area contributed by atoms with Crippen molar-refractivity contribution in [3.8, 4) is 5.75 Å². The smallest absolute Gasteiger partial charge is 0.306 e. The number of carbonyl (C=O) groups is 1. The molecule has 3 N–H and O–H groups in total. The number of guanidine groups is 1. The van der Waals surface area contributed by atoms with Crippen molar-refractivity contribution in [3.63, 3.8) is 0 Å². The Kier molecular flexibility index (Phi) is 7.57. The molecule has 0 bridgehead atoms. The quantitative estimate of drug-likeness (QED) is 0.325. The van der Waals surface area contributed by atoms with E-state index in [0.717, 1.165) is 37.1 Å². The van der Waals surface area contributed by atoms with E-state index >= 15 is 0 Å². The molecule has 138 valence electrons. The molecule has 2 rings (SSSR count). The third kappa shape index (κ3) is 7.45. The number of rotatable bonds is 8. The van der Waals surface area contributed by atoms with Gasteiger partial charge in [-0.3, -0.25) is 9.79 Å². The van der Waals surface area contributed by atoms with Gasteiger partial charge in [-0.05, 0) is 70.2 Å². The first kappa shape index (κ1) is 19.1. The fourth-order valence-corrected chi connectivity index (χ4v) is 2.75. The highest BCUT2D eigenvalue weighted by Gasteiger charge is 2.18. The lowest BCUT2D eigenvalue weighted by Gasteiger charge is -2.11. The maximum absolute atomic E-state index is 11.7. The van der Waals surface area contributed by atoms with Crippen LogP contribution in [-0.4, -0.2) is 30.7 Å². The molecule has 0 spiro atoms. The molecular weight excluding hydrogens is 318 g/mol. The molecule has 0 amide bonds. The molecular formula is C19H29N3O3. The van der Waals surface area contributed by atoms with Crippen LogP contribution in [0.3, 0.4) is 0 Å². The summed E-state index contributed by atoms with van der Waals surface area (Å²) >= 11 is 0. The van der Waals surface area contributed by atoms with Crippen molar-refractivity contribution in [1.29, 1.82) is 0 Å². The van der Waals surface area contributed by atoms with E-state index in [1.54, 1.807) is 0 Å². The minimum atomic E-state index is -0.130. The second-order valence-corrected chi connectivity index (χ2v) is 6.58. The molecule has 0 aliphatic heterocycles. The van der Waals surface area contributed by atoms with Crippen LogP contribution in [-0.2, 0) is 9.53 Å². The van der Waals surface area contributed by atoms with Crippen LogP contribution in [0.4, 0.5) is 5.69 Å². The van der Waals surface area contributed by atoms with E-state index in [1.807, 2.05) is 38.1 Å². The van der Waals surface area contributed by atoms with Gasteiger partial charge in [-0.25, -0.2) is 0 Å². The Hall–Kier alpha value is -2.24. The van der Waals surface area contributed by atoms with Gasteiger partial charge in [0.05, 0.1) is 6.10 Å². The predicted octanol–water partition coefficient (Wildman–Crippen LogP) is 3.47. The maximum Gasteiger partial charge on any atom is 0.306 e. The van der Waals surface area contributed by atoms with Gasteiger partial charge in [0.2, 0.25) is 0 Å².